The van der Waals surface area contributed by atoms with Crippen molar-refractivity contribution in [1.29, 1.82) is 0 Å². The van der Waals surface area contributed by atoms with E-state index in [-0.39, 0.29) is 5.54 Å². The molecule has 1 aliphatic carbocycles. The molecule has 0 spiro atoms. The van der Waals surface area contributed by atoms with Crippen LogP contribution in [0.1, 0.15) is 47.0 Å². The summed E-state index contributed by atoms with van der Waals surface area (Å²) in [6, 6.07) is 0.592. The van der Waals surface area contributed by atoms with Crippen molar-refractivity contribution in [2.24, 2.45) is 11.8 Å². The van der Waals surface area contributed by atoms with Gasteiger partial charge in [-0.25, -0.2) is 0 Å². The van der Waals surface area contributed by atoms with E-state index in [4.69, 9.17) is 4.74 Å². The van der Waals surface area contributed by atoms with Gasteiger partial charge in [-0.05, 0) is 44.9 Å². The lowest BCUT2D eigenvalue weighted by Crippen LogP contribution is -2.61. The summed E-state index contributed by atoms with van der Waals surface area (Å²) in [5.74, 6) is 1.70. The fourth-order valence-electron chi connectivity index (χ4n) is 2.99. The number of fused-ring (bicyclic) bond motifs is 1. The Morgan fingerprint density at radius 3 is 2.67 bits per heavy atom. The van der Waals surface area contributed by atoms with Crippen molar-refractivity contribution >= 4 is 0 Å². The first-order valence-electron chi connectivity index (χ1n) is 6.37. The quantitative estimate of drug-likeness (QED) is 0.720. The molecule has 2 fully saturated rings. The van der Waals surface area contributed by atoms with E-state index in [9.17, 15) is 0 Å². The Balaban J connectivity index is 1.98. The molecule has 88 valence electrons. The molecule has 0 aromatic carbocycles. The van der Waals surface area contributed by atoms with Gasteiger partial charge in [-0.1, -0.05) is 13.8 Å². The van der Waals surface area contributed by atoms with E-state index >= 15 is 0 Å². The van der Waals surface area contributed by atoms with E-state index in [2.05, 4.69) is 33.0 Å². The summed E-state index contributed by atoms with van der Waals surface area (Å²) in [5, 5.41) is 3.75. The molecule has 0 aromatic heterocycles. The Kier molecular flexibility index (Phi) is 3.09. The summed E-state index contributed by atoms with van der Waals surface area (Å²) >= 11 is 0. The number of ether oxygens (including phenoxy) is 1. The molecule has 2 aliphatic rings. The maximum Gasteiger partial charge on any atom is 0.0729 e. The average molecular weight is 211 g/mol. The fourth-order valence-corrected chi connectivity index (χ4v) is 2.99. The molecule has 1 aliphatic heterocycles. The maximum atomic E-state index is 5.96. The molecule has 2 nitrogen and oxygen atoms in total. The Labute approximate surface area is 93.8 Å². The van der Waals surface area contributed by atoms with E-state index in [0.29, 0.717) is 12.1 Å². The molecular formula is C13H25NO. The molecule has 0 radical (unpaired) electrons. The average Bonchev–Trinajstić information content (AvgIpc) is 2.15. The smallest absolute Gasteiger partial charge is 0.0729 e. The van der Waals surface area contributed by atoms with Crippen molar-refractivity contribution in [1.82, 2.24) is 5.32 Å². The molecular weight excluding hydrogens is 186 g/mol. The molecule has 0 amide bonds. The van der Waals surface area contributed by atoms with E-state index in [1.54, 1.807) is 0 Å². The highest BCUT2D eigenvalue weighted by Gasteiger charge is 2.39. The van der Waals surface area contributed by atoms with Crippen LogP contribution in [0.5, 0.6) is 0 Å². The van der Waals surface area contributed by atoms with E-state index in [0.717, 1.165) is 18.4 Å². The maximum absolute atomic E-state index is 5.96. The Morgan fingerprint density at radius 1 is 1.27 bits per heavy atom. The summed E-state index contributed by atoms with van der Waals surface area (Å²) in [4.78, 5) is 0. The molecule has 1 N–H and O–H groups in total. The third kappa shape index (κ3) is 2.54. The van der Waals surface area contributed by atoms with E-state index < -0.39 is 0 Å². The first-order valence-corrected chi connectivity index (χ1v) is 6.37. The van der Waals surface area contributed by atoms with Crippen LogP contribution in [-0.4, -0.2) is 24.3 Å². The van der Waals surface area contributed by atoms with Crippen LogP contribution in [0.2, 0.25) is 0 Å². The minimum Gasteiger partial charge on any atom is -0.375 e. The predicted octanol–water partition coefficient (Wildman–Crippen LogP) is 2.58. The fraction of sp³-hybridized carbons (Fsp3) is 1.00. The van der Waals surface area contributed by atoms with Crippen molar-refractivity contribution in [3.05, 3.63) is 0 Å². The number of hydrogen-bond acceptors (Lipinski definition) is 2. The Bertz CT molecular complexity index is 225. The molecule has 1 saturated heterocycles. The first-order chi connectivity index (χ1) is 6.98. The van der Waals surface area contributed by atoms with Crippen LogP contribution in [-0.2, 0) is 4.74 Å². The van der Waals surface area contributed by atoms with Gasteiger partial charge < -0.3 is 10.1 Å². The Morgan fingerprint density at radius 2 is 2.00 bits per heavy atom. The number of nitrogens with one attached hydrogen (secondary N) is 1. The highest BCUT2D eigenvalue weighted by Crippen LogP contribution is 2.34. The second kappa shape index (κ2) is 4.06. The predicted molar refractivity (Wildman–Crippen MR) is 62.9 cm³/mol. The van der Waals surface area contributed by atoms with Gasteiger partial charge in [-0.3, -0.25) is 0 Å². The summed E-state index contributed by atoms with van der Waals surface area (Å²) in [7, 11) is 0. The van der Waals surface area contributed by atoms with Crippen molar-refractivity contribution in [2.45, 2.75) is 64.6 Å². The molecule has 2 heteroatoms. The summed E-state index contributed by atoms with van der Waals surface area (Å²) < 4.78 is 5.96. The number of morpholine rings is 1. The van der Waals surface area contributed by atoms with Gasteiger partial charge in [0.05, 0.1) is 12.7 Å². The van der Waals surface area contributed by atoms with Gasteiger partial charge in [0.2, 0.25) is 0 Å². The van der Waals surface area contributed by atoms with Gasteiger partial charge in [0.25, 0.3) is 0 Å². The van der Waals surface area contributed by atoms with Crippen LogP contribution < -0.4 is 5.32 Å². The van der Waals surface area contributed by atoms with Crippen molar-refractivity contribution in [2.75, 3.05) is 6.61 Å². The van der Waals surface area contributed by atoms with Crippen LogP contribution >= 0.6 is 0 Å². The largest absolute Gasteiger partial charge is 0.375 e. The second-order valence-corrected chi connectivity index (χ2v) is 6.30. The van der Waals surface area contributed by atoms with Crippen LogP contribution in [0.15, 0.2) is 0 Å². The number of rotatable bonds is 1. The highest BCUT2D eigenvalue weighted by molar-refractivity contribution is 4.95. The zero-order valence-electron chi connectivity index (χ0n) is 10.5. The van der Waals surface area contributed by atoms with Crippen molar-refractivity contribution in [3.63, 3.8) is 0 Å². The van der Waals surface area contributed by atoms with Gasteiger partial charge in [-0.2, -0.15) is 0 Å². The summed E-state index contributed by atoms with van der Waals surface area (Å²) in [6.45, 7) is 10.0. The van der Waals surface area contributed by atoms with Gasteiger partial charge in [0, 0.05) is 11.6 Å². The summed E-state index contributed by atoms with van der Waals surface area (Å²) in [6.07, 6.45) is 4.37. The molecule has 1 saturated carbocycles. The van der Waals surface area contributed by atoms with Crippen molar-refractivity contribution in [3.8, 4) is 0 Å². The Hall–Kier alpha value is -0.0800. The molecule has 3 unspecified atom stereocenters. The standard InChI is InChI=1S/C13H25NO/c1-9(2)10-5-6-12-11(7-10)14-13(3,4)8-15-12/h9-12,14H,5-8H2,1-4H3. The third-order valence-electron chi connectivity index (χ3n) is 4.00. The van der Waals surface area contributed by atoms with Crippen LogP contribution in [0, 0.1) is 11.8 Å². The minimum absolute atomic E-state index is 0.167. The van der Waals surface area contributed by atoms with Gasteiger partial charge in [0.1, 0.15) is 0 Å². The number of hydrogen-bond donors (Lipinski definition) is 1. The molecule has 0 bridgehead atoms. The van der Waals surface area contributed by atoms with Crippen LogP contribution in [0.3, 0.4) is 0 Å². The first kappa shape index (κ1) is 11.4. The molecule has 3 atom stereocenters. The normalized spacial score (nSPS) is 40.2. The molecule has 0 aromatic rings. The lowest BCUT2D eigenvalue weighted by molar-refractivity contribution is -0.0794. The van der Waals surface area contributed by atoms with Gasteiger partial charge in [0.15, 0.2) is 0 Å². The molecule has 2 rings (SSSR count). The monoisotopic (exact) mass is 211 g/mol. The summed E-state index contributed by atoms with van der Waals surface area (Å²) in [5.41, 5.74) is 0.167. The molecule has 15 heavy (non-hydrogen) atoms. The second-order valence-electron chi connectivity index (χ2n) is 6.30. The van der Waals surface area contributed by atoms with Gasteiger partial charge in [-0.15, -0.1) is 0 Å². The topological polar surface area (TPSA) is 21.3 Å². The lowest BCUT2D eigenvalue weighted by Gasteiger charge is -2.47. The minimum atomic E-state index is 0.167. The third-order valence-corrected chi connectivity index (χ3v) is 4.00. The SMILES string of the molecule is CC(C)C1CCC2OCC(C)(C)NC2C1. The highest BCUT2D eigenvalue weighted by atomic mass is 16.5. The van der Waals surface area contributed by atoms with E-state index in [1.807, 2.05) is 0 Å². The van der Waals surface area contributed by atoms with E-state index in [1.165, 1.54) is 19.3 Å². The van der Waals surface area contributed by atoms with Crippen LogP contribution in [0.4, 0.5) is 0 Å². The van der Waals surface area contributed by atoms with Crippen molar-refractivity contribution < 1.29 is 4.74 Å². The van der Waals surface area contributed by atoms with Crippen LogP contribution in [0.25, 0.3) is 0 Å². The van der Waals surface area contributed by atoms with Gasteiger partial charge >= 0.3 is 0 Å². The lowest BCUT2D eigenvalue weighted by atomic mass is 9.76. The molecule has 1 heterocycles. The zero-order chi connectivity index (χ0) is 11.1. The zero-order valence-corrected chi connectivity index (χ0v) is 10.5.